The molecule has 0 radical (unpaired) electrons. The summed E-state index contributed by atoms with van der Waals surface area (Å²) in [5, 5.41) is 1.01. The highest BCUT2D eigenvalue weighted by atomic mass is 79.9. The molecule has 0 saturated heterocycles. The lowest BCUT2D eigenvalue weighted by molar-refractivity contribution is -0.141. The van der Waals surface area contributed by atoms with Crippen molar-refractivity contribution in [1.82, 2.24) is 4.90 Å². The van der Waals surface area contributed by atoms with Crippen LogP contribution in [0.4, 0.5) is 0 Å². The molecule has 2 rings (SSSR count). The Morgan fingerprint density at radius 3 is 2.33 bits per heavy atom. The second-order valence-corrected chi connectivity index (χ2v) is 7.81. The molecule has 0 atom stereocenters. The molecule has 0 heterocycles. The Bertz CT molecular complexity index is 308. The molecule has 0 aromatic carbocycles. The molecule has 2 aliphatic rings. The van der Waals surface area contributed by atoms with Crippen LogP contribution in [0, 0.1) is 11.8 Å². The second kappa shape index (κ2) is 9.17. The molecule has 2 saturated carbocycles. The zero-order valence-corrected chi connectivity index (χ0v) is 15.2. The van der Waals surface area contributed by atoms with Crippen LogP contribution in [0.5, 0.6) is 0 Å². The van der Waals surface area contributed by atoms with Crippen LogP contribution in [-0.2, 0) is 4.79 Å². The summed E-state index contributed by atoms with van der Waals surface area (Å²) in [6.07, 6.45) is 13.8. The molecule has 2 aliphatic carbocycles. The van der Waals surface area contributed by atoms with Gasteiger partial charge >= 0.3 is 0 Å². The number of alkyl halides is 1. The van der Waals surface area contributed by atoms with Gasteiger partial charge in [-0.2, -0.15) is 0 Å². The third-order valence-corrected chi connectivity index (χ3v) is 6.05. The van der Waals surface area contributed by atoms with Gasteiger partial charge in [-0.3, -0.25) is 4.79 Å². The molecule has 0 spiro atoms. The van der Waals surface area contributed by atoms with Crippen LogP contribution < -0.4 is 0 Å². The Kier molecular flexibility index (Phi) is 7.56. The van der Waals surface area contributed by atoms with Gasteiger partial charge in [0.25, 0.3) is 0 Å². The van der Waals surface area contributed by atoms with Crippen molar-refractivity contribution in [1.29, 1.82) is 0 Å². The summed E-state index contributed by atoms with van der Waals surface area (Å²) in [4.78, 5) is 15.1. The Morgan fingerprint density at radius 1 is 1.10 bits per heavy atom. The first kappa shape index (κ1) is 17.3. The number of rotatable bonds is 8. The molecule has 0 aromatic heterocycles. The second-order valence-electron chi connectivity index (χ2n) is 7.02. The molecule has 0 aromatic rings. The lowest BCUT2D eigenvalue weighted by Crippen LogP contribution is -2.48. The predicted octanol–water partition coefficient (Wildman–Crippen LogP) is 5.15. The minimum absolute atomic E-state index is 0.332. The summed E-state index contributed by atoms with van der Waals surface area (Å²) in [5.41, 5.74) is 0. The number of carbonyl (C=O) groups excluding carboxylic acids is 1. The van der Waals surface area contributed by atoms with E-state index < -0.39 is 0 Å². The molecule has 2 fully saturated rings. The Balaban J connectivity index is 1.80. The molecule has 0 aliphatic heterocycles. The van der Waals surface area contributed by atoms with E-state index in [1.54, 1.807) is 0 Å². The van der Waals surface area contributed by atoms with Crippen molar-refractivity contribution >= 4 is 21.8 Å². The highest BCUT2D eigenvalue weighted by molar-refractivity contribution is 9.09. The van der Waals surface area contributed by atoms with E-state index in [-0.39, 0.29) is 0 Å². The van der Waals surface area contributed by atoms with Gasteiger partial charge < -0.3 is 4.90 Å². The van der Waals surface area contributed by atoms with Crippen LogP contribution in [0.25, 0.3) is 0 Å². The number of unbranched alkanes of at least 4 members (excludes halogenated alkanes) is 1. The summed E-state index contributed by atoms with van der Waals surface area (Å²) in [6, 6.07) is 0.564. The van der Waals surface area contributed by atoms with Crippen molar-refractivity contribution in [3.8, 4) is 0 Å². The Labute approximate surface area is 139 Å². The van der Waals surface area contributed by atoms with Crippen molar-refractivity contribution in [2.75, 3.05) is 11.9 Å². The van der Waals surface area contributed by atoms with Crippen LogP contribution in [-0.4, -0.2) is 28.7 Å². The molecule has 0 N–H and O–H groups in total. The summed E-state index contributed by atoms with van der Waals surface area (Å²) < 4.78 is 0. The largest absolute Gasteiger partial charge is 0.339 e. The predicted molar refractivity (Wildman–Crippen MR) is 92.7 cm³/mol. The minimum atomic E-state index is 0.332. The van der Waals surface area contributed by atoms with Gasteiger partial charge in [0.1, 0.15) is 0 Å². The van der Waals surface area contributed by atoms with Crippen molar-refractivity contribution < 1.29 is 4.79 Å². The third-order valence-electron chi connectivity index (χ3n) is 5.49. The van der Waals surface area contributed by atoms with E-state index >= 15 is 0 Å². The van der Waals surface area contributed by atoms with E-state index in [9.17, 15) is 4.79 Å². The van der Waals surface area contributed by atoms with E-state index in [2.05, 4.69) is 27.8 Å². The molecule has 2 nitrogen and oxygen atoms in total. The monoisotopic (exact) mass is 357 g/mol. The third kappa shape index (κ3) is 4.97. The summed E-state index contributed by atoms with van der Waals surface area (Å²) >= 11 is 3.51. The van der Waals surface area contributed by atoms with Gasteiger partial charge in [-0.05, 0) is 57.3 Å². The number of hydrogen-bond donors (Lipinski definition) is 0. The number of hydrogen-bond acceptors (Lipinski definition) is 1. The fourth-order valence-corrected chi connectivity index (χ4v) is 4.08. The molecule has 3 heteroatoms. The highest BCUT2D eigenvalue weighted by Gasteiger charge is 2.34. The molecule has 122 valence electrons. The number of halogens is 1. The van der Waals surface area contributed by atoms with Crippen molar-refractivity contribution in [2.45, 2.75) is 83.6 Å². The van der Waals surface area contributed by atoms with Gasteiger partial charge in [-0.1, -0.05) is 42.1 Å². The van der Waals surface area contributed by atoms with Gasteiger partial charge in [-0.15, -0.1) is 0 Å². The lowest BCUT2D eigenvalue weighted by Gasteiger charge is -2.40. The topological polar surface area (TPSA) is 20.3 Å². The fraction of sp³-hybridized carbons (Fsp3) is 0.944. The maximum atomic E-state index is 12.9. The van der Waals surface area contributed by atoms with E-state index in [1.165, 1.54) is 51.4 Å². The first-order valence-corrected chi connectivity index (χ1v) is 10.2. The summed E-state index contributed by atoms with van der Waals surface area (Å²) in [6.45, 7) is 3.24. The van der Waals surface area contributed by atoms with Crippen molar-refractivity contribution in [2.24, 2.45) is 11.8 Å². The molecular weight excluding hydrogens is 326 g/mol. The van der Waals surface area contributed by atoms with E-state index in [1.807, 2.05) is 0 Å². The van der Waals surface area contributed by atoms with E-state index in [0.717, 1.165) is 37.1 Å². The van der Waals surface area contributed by atoms with Crippen LogP contribution in [0.2, 0.25) is 0 Å². The average molecular weight is 358 g/mol. The zero-order valence-electron chi connectivity index (χ0n) is 13.7. The molecule has 21 heavy (non-hydrogen) atoms. The quantitative estimate of drug-likeness (QED) is 0.550. The normalized spacial score (nSPS) is 26.4. The Morgan fingerprint density at radius 2 is 1.81 bits per heavy atom. The Hall–Kier alpha value is -0.0500. The zero-order chi connectivity index (χ0) is 15.1. The van der Waals surface area contributed by atoms with Gasteiger partial charge in [0.2, 0.25) is 5.91 Å². The van der Waals surface area contributed by atoms with Gasteiger partial charge in [0.05, 0.1) is 0 Å². The fourth-order valence-electron chi connectivity index (χ4n) is 3.83. The SMILES string of the molecule is CCCCC1CCC(C(=O)N(CCCBr)C2CCC2)CC1. The van der Waals surface area contributed by atoms with Gasteiger partial charge in [-0.25, -0.2) is 0 Å². The number of amides is 1. The highest BCUT2D eigenvalue weighted by Crippen LogP contribution is 2.35. The molecule has 0 unspecified atom stereocenters. The average Bonchev–Trinajstić information content (AvgIpc) is 2.47. The molecule has 0 bridgehead atoms. The summed E-state index contributed by atoms with van der Waals surface area (Å²) in [5.74, 6) is 1.71. The van der Waals surface area contributed by atoms with Crippen LogP contribution in [0.3, 0.4) is 0 Å². The van der Waals surface area contributed by atoms with Crippen molar-refractivity contribution in [3.63, 3.8) is 0 Å². The van der Waals surface area contributed by atoms with Crippen molar-refractivity contribution in [3.05, 3.63) is 0 Å². The van der Waals surface area contributed by atoms with Gasteiger partial charge in [0, 0.05) is 23.8 Å². The van der Waals surface area contributed by atoms with Gasteiger partial charge in [0.15, 0.2) is 0 Å². The van der Waals surface area contributed by atoms with E-state index in [0.29, 0.717) is 17.9 Å². The standard InChI is InChI=1S/C18H32BrNO/c1-2-3-6-15-9-11-16(12-10-15)18(21)20(14-5-13-19)17-7-4-8-17/h15-17H,2-14H2,1H3. The maximum Gasteiger partial charge on any atom is 0.225 e. The minimum Gasteiger partial charge on any atom is -0.339 e. The number of carbonyl (C=O) groups is 1. The first-order chi connectivity index (χ1) is 10.3. The maximum absolute atomic E-state index is 12.9. The van der Waals surface area contributed by atoms with Crippen LogP contribution in [0.1, 0.15) is 77.6 Å². The first-order valence-electron chi connectivity index (χ1n) is 9.12. The van der Waals surface area contributed by atoms with Crippen LogP contribution in [0.15, 0.2) is 0 Å². The van der Waals surface area contributed by atoms with E-state index in [4.69, 9.17) is 0 Å². The van der Waals surface area contributed by atoms with Crippen LogP contribution >= 0.6 is 15.9 Å². The lowest BCUT2D eigenvalue weighted by atomic mass is 9.78. The number of nitrogens with zero attached hydrogens (tertiary/aromatic N) is 1. The molecular formula is C18H32BrNO. The summed E-state index contributed by atoms with van der Waals surface area (Å²) in [7, 11) is 0. The smallest absolute Gasteiger partial charge is 0.225 e. The molecule has 1 amide bonds.